The van der Waals surface area contributed by atoms with Crippen molar-refractivity contribution in [3.05, 3.63) is 35.0 Å². The number of benzene rings is 1. The van der Waals surface area contributed by atoms with E-state index in [2.05, 4.69) is 38.6 Å². The number of hydrogen-bond acceptors (Lipinski definition) is 2. The molecule has 1 heterocycles. The molecule has 0 saturated carbocycles. The Bertz CT molecular complexity index is 648. The van der Waals surface area contributed by atoms with E-state index in [0.29, 0.717) is 5.75 Å². The molecule has 19 heavy (non-hydrogen) atoms. The van der Waals surface area contributed by atoms with Crippen molar-refractivity contribution >= 4 is 28.2 Å². The van der Waals surface area contributed by atoms with Crippen LogP contribution < -0.4 is 0 Å². The van der Waals surface area contributed by atoms with Crippen LogP contribution in [-0.4, -0.2) is 15.9 Å². The fraction of sp³-hybridized carbons (Fsp3) is 0.375. The Morgan fingerprint density at radius 3 is 2.53 bits per heavy atom. The zero-order valence-corrected chi connectivity index (χ0v) is 13.1. The first-order valence-electron chi connectivity index (χ1n) is 6.41. The average molecular weight is 275 g/mol. The minimum atomic E-state index is 0.335. The molecule has 0 aliphatic carbocycles. The van der Waals surface area contributed by atoms with Gasteiger partial charge in [0.05, 0.1) is 0 Å². The summed E-state index contributed by atoms with van der Waals surface area (Å²) in [6.07, 6.45) is 2.11. The third-order valence-electron chi connectivity index (χ3n) is 3.68. The van der Waals surface area contributed by atoms with Crippen molar-refractivity contribution in [2.24, 2.45) is 7.05 Å². The molecular weight excluding hydrogens is 254 g/mol. The van der Waals surface area contributed by atoms with Gasteiger partial charge in [-0.3, -0.25) is 0 Å². The molecule has 0 saturated heterocycles. The highest BCUT2D eigenvalue weighted by Crippen LogP contribution is 2.35. The van der Waals surface area contributed by atoms with Crippen LogP contribution in [0.2, 0.25) is 0 Å². The first kappa shape index (κ1) is 14.1. The Kier molecular flexibility index (Phi) is 3.95. The fourth-order valence-electron chi connectivity index (χ4n) is 2.51. The molecule has 1 aromatic heterocycles. The maximum Gasteiger partial charge on any atom is 0.116 e. The zero-order chi connectivity index (χ0) is 14.2. The number of aryl methyl sites for hydroxylation is 1. The molecule has 2 rings (SSSR count). The van der Waals surface area contributed by atoms with Gasteiger partial charge in [-0.25, -0.2) is 0 Å². The van der Waals surface area contributed by atoms with Gasteiger partial charge in [0.2, 0.25) is 0 Å². The van der Waals surface area contributed by atoms with Gasteiger partial charge in [-0.15, -0.1) is 0 Å². The Hall–Kier alpha value is -1.35. The van der Waals surface area contributed by atoms with Crippen molar-refractivity contribution in [1.82, 2.24) is 4.57 Å². The van der Waals surface area contributed by atoms with Gasteiger partial charge in [-0.05, 0) is 56.4 Å². The van der Waals surface area contributed by atoms with E-state index in [1.54, 1.807) is 6.07 Å². The number of phenolic OH excluding ortho intramolecular Hbond substituents is 1. The molecule has 0 aliphatic rings. The lowest BCUT2D eigenvalue weighted by Crippen LogP contribution is -1.97. The maximum atomic E-state index is 9.74. The molecule has 3 heteroatoms. The van der Waals surface area contributed by atoms with Crippen molar-refractivity contribution < 1.29 is 5.11 Å². The number of aromatic hydroxyl groups is 1. The lowest BCUT2D eigenvalue weighted by Gasteiger charge is -2.10. The van der Waals surface area contributed by atoms with E-state index in [1.165, 1.54) is 27.9 Å². The molecule has 2 nitrogen and oxygen atoms in total. The van der Waals surface area contributed by atoms with Gasteiger partial charge < -0.3 is 9.67 Å². The number of allylic oxidation sites excluding steroid dienone is 2. The van der Waals surface area contributed by atoms with Gasteiger partial charge in [0.1, 0.15) is 5.75 Å². The lowest BCUT2D eigenvalue weighted by atomic mass is 10.0. The summed E-state index contributed by atoms with van der Waals surface area (Å²) in [5.74, 6) is 1.29. The number of aromatic nitrogens is 1. The van der Waals surface area contributed by atoms with Crippen molar-refractivity contribution in [2.75, 3.05) is 6.26 Å². The number of hydrogen-bond donors (Lipinski definition) is 1. The quantitative estimate of drug-likeness (QED) is 0.888. The summed E-state index contributed by atoms with van der Waals surface area (Å²) in [4.78, 5) is 0. The van der Waals surface area contributed by atoms with Crippen LogP contribution in [0.4, 0.5) is 0 Å². The topological polar surface area (TPSA) is 25.2 Å². The molecule has 1 aromatic carbocycles. The summed E-state index contributed by atoms with van der Waals surface area (Å²) in [5, 5.41) is 10.9. The molecule has 0 fully saturated rings. The average Bonchev–Trinajstić information content (AvgIpc) is 2.62. The second-order valence-electron chi connectivity index (χ2n) is 5.15. The Balaban J connectivity index is 2.85. The van der Waals surface area contributed by atoms with E-state index in [9.17, 15) is 5.11 Å². The minimum absolute atomic E-state index is 0.335. The van der Waals surface area contributed by atoms with Crippen LogP contribution in [0.1, 0.15) is 32.0 Å². The number of thioether (sulfide) groups is 1. The summed E-state index contributed by atoms with van der Waals surface area (Å²) in [6, 6.07) is 5.63. The molecule has 0 aliphatic heterocycles. The second kappa shape index (κ2) is 5.33. The first-order valence-corrected chi connectivity index (χ1v) is 7.80. The minimum Gasteiger partial charge on any atom is -0.508 e. The van der Waals surface area contributed by atoms with Crippen molar-refractivity contribution in [3.8, 4) is 5.75 Å². The highest BCUT2D eigenvalue weighted by molar-refractivity contribution is 7.97. The smallest absolute Gasteiger partial charge is 0.116 e. The van der Waals surface area contributed by atoms with Crippen molar-refractivity contribution in [3.63, 3.8) is 0 Å². The largest absolute Gasteiger partial charge is 0.508 e. The third kappa shape index (κ3) is 2.39. The summed E-state index contributed by atoms with van der Waals surface area (Å²) in [7, 11) is 2.10. The third-order valence-corrected chi connectivity index (χ3v) is 4.26. The molecule has 0 radical (unpaired) electrons. The van der Waals surface area contributed by atoms with E-state index < -0.39 is 0 Å². The number of phenols is 1. The van der Waals surface area contributed by atoms with Crippen molar-refractivity contribution in [1.29, 1.82) is 0 Å². The molecule has 1 N–H and O–H groups in total. The predicted octanol–water partition coefficient (Wildman–Crippen LogP) is 4.56. The molecule has 0 bridgehead atoms. The Morgan fingerprint density at radius 1 is 1.26 bits per heavy atom. The van der Waals surface area contributed by atoms with Gasteiger partial charge in [0, 0.05) is 29.4 Å². The van der Waals surface area contributed by atoms with Crippen LogP contribution >= 0.6 is 11.8 Å². The van der Waals surface area contributed by atoms with Gasteiger partial charge in [-0.1, -0.05) is 5.57 Å². The molecule has 102 valence electrons. The SMILES string of the molecule is CSCc1c(C(C)=C(C)C)n(C)c2ccc(O)cc12. The summed E-state index contributed by atoms with van der Waals surface area (Å²) in [6.45, 7) is 6.47. The van der Waals surface area contributed by atoms with Crippen molar-refractivity contribution in [2.45, 2.75) is 26.5 Å². The first-order chi connectivity index (χ1) is 8.97. The molecular formula is C16H21NOS. The zero-order valence-electron chi connectivity index (χ0n) is 12.2. The van der Waals surface area contributed by atoms with Gasteiger partial charge in [0.25, 0.3) is 0 Å². The number of rotatable bonds is 3. The van der Waals surface area contributed by atoms with Crippen LogP contribution in [0.15, 0.2) is 23.8 Å². The van der Waals surface area contributed by atoms with Gasteiger partial charge >= 0.3 is 0 Å². The van der Waals surface area contributed by atoms with Gasteiger partial charge in [-0.2, -0.15) is 11.8 Å². The molecule has 0 unspecified atom stereocenters. The van der Waals surface area contributed by atoms with Crippen LogP contribution in [0.25, 0.3) is 16.5 Å². The molecule has 2 aromatic rings. The normalized spacial score (nSPS) is 11.0. The number of nitrogens with zero attached hydrogens (tertiary/aromatic N) is 1. The second-order valence-corrected chi connectivity index (χ2v) is 6.01. The number of fused-ring (bicyclic) bond motifs is 1. The monoisotopic (exact) mass is 275 g/mol. The molecule has 0 amide bonds. The molecule has 0 spiro atoms. The maximum absolute atomic E-state index is 9.74. The van der Waals surface area contributed by atoms with E-state index in [-0.39, 0.29) is 0 Å². The van der Waals surface area contributed by atoms with Crippen LogP contribution in [0.3, 0.4) is 0 Å². The highest BCUT2D eigenvalue weighted by Gasteiger charge is 2.16. The van der Waals surface area contributed by atoms with E-state index in [0.717, 1.165) is 11.1 Å². The van der Waals surface area contributed by atoms with Gasteiger partial charge in [0.15, 0.2) is 0 Å². The fourth-order valence-corrected chi connectivity index (χ4v) is 3.09. The summed E-state index contributed by atoms with van der Waals surface area (Å²) >= 11 is 1.81. The Labute approximate surface area is 119 Å². The standard InChI is InChI=1S/C16H21NOS/c1-10(2)11(3)16-14(9-19-5)13-8-12(18)6-7-15(13)17(16)4/h6-8,18H,9H2,1-5H3. The van der Waals surface area contributed by atoms with E-state index >= 15 is 0 Å². The lowest BCUT2D eigenvalue weighted by molar-refractivity contribution is 0.476. The van der Waals surface area contributed by atoms with Crippen LogP contribution in [0.5, 0.6) is 5.75 Å². The highest BCUT2D eigenvalue weighted by atomic mass is 32.2. The van der Waals surface area contributed by atoms with Crippen LogP contribution in [-0.2, 0) is 12.8 Å². The molecule has 0 atom stereocenters. The summed E-state index contributed by atoms with van der Waals surface area (Å²) < 4.78 is 2.24. The van der Waals surface area contributed by atoms with E-state index in [1.807, 2.05) is 23.9 Å². The predicted molar refractivity (Wildman–Crippen MR) is 85.7 cm³/mol. The Morgan fingerprint density at radius 2 is 1.95 bits per heavy atom. The van der Waals surface area contributed by atoms with E-state index in [4.69, 9.17) is 0 Å². The summed E-state index contributed by atoms with van der Waals surface area (Å²) in [5.41, 5.74) is 6.44. The van der Waals surface area contributed by atoms with Crippen LogP contribution in [0, 0.1) is 0 Å².